The van der Waals surface area contributed by atoms with Gasteiger partial charge in [0.2, 0.25) is 5.91 Å². The van der Waals surface area contributed by atoms with E-state index in [2.05, 4.69) is 15.7 Å². The van der Waals surface area contributed by atoms with Crippen molar-refractivity contribution in [1.82, 2.24) is 20.4 Å². The molecule has 1 unspecified atom stereocenters. The van der Waals surface area contributed by atoms with Crippen molar-refractivity contribution in [2.45, 2.75) is 32.7 Å². The number of halogens is 2. The van der Waals surface area contributed by atoms with Crippen LogP contribution in [0.2, 0.25) is 0 Å². The van der Waals surface area contributed by atoms with Gasteiger partial charge in [-0.2, -0.15) is 5.10 Å². The van der Waals surface area contributed by atoms with Gasteiger partial charge in [-0.05, 0) is 51.1 Å². The van der Waals surface area contributed by atoms with Gasteiger partial charge in [0, 0.05) is 23.8 Å². The number of aromatic nitrogens is 2. The molecule has 1 aliphatic rings. The van der Waals surface area contributed by atoms with Crippen molar-refractivity contribution in [1.29, 1.82) is 0 Å². The summed E-state index contributed by atoms with van der Waals surface area (Å²) in [5, 5.41) is 10.8. The molecule has 24 heavy (non-hydrogen) atoms. The predicted octanol–water partition coefficient (Wildman–Crippen LogP) is 2.07. The largest absolute Gasteiger partial charge is 0.352 e. The van der Waals surface area contributed by atoms with Crippen LogP contribution in [0.15, 0.2) is 24.3 Å². The SMILES string of the molecule is Cc1nn(-c2ccc(F)cc2)c(C)c1CC(=O)NC1CCNC1.Cl. The van der Waals surface area contributed by atoms with E-state index >= 15 is 0 Å². The van der Waals surface area contributed by atoms with Crippen LogP contribution >= 0.6 is 12.4 Å². The lowest BCUT2D eigenvalue weighted by molar-refractivity contribution is -0.121. The number of amides is 1. The zero-order chi connectivity index (χ0) is 16.4. The monoisotopic (exact) mass is 352 g/mol. The Morgan fingerprint density at radius 3 is 2.71 bits per heavy atom. The lowest BCUT2D eigenvalue weighted by atomic mass is 10.1. The number of hydrogen-bond acceptors (Lipinski definition) is 3. The Labute approximate surface area is 147 Å². The number of benzene rings is 1. The quantitative estimate of drug-likeness (QED) is 0.885. The molecule has 1 aliphatic heterocycles. The van der Waals surface area contributed by atoms with Crippen LogP contribution in [0.25, 0.3) is 5.69 Å². The summed E-state index contributed by atoms with van der Waals surface area (Å²) in [6.07, 6.45) is 1.29. The fourth-order valence-electron chi connectivity index (χ4n) is 2.98. The topological polar surface area (TPSA) is 59.0 Å². The maximum absolute atomic E-state index is 13.1. The molecule has 2 aromatic rings. The van der Waals surface area contributed by atoms with Crippen molar-refractivity contribution in [3.8, 4) is 5.69 Å². The van der Waals surface area contributed by atoms with Crippen LogP contribution in [0.5, 0.6) is 0 Å². The number of aryl methyl sites for hydroxylation is 1. The number of carbonyl (C=O) groups is 1. The first-order valence-electron chi connectivity index (χ1n) is 7.85. The van der Waals surface area contributed by atoms with Gasteiger partial charge in [0.05, 0.1) is 17.8 Å². The highest BCUT2D eigenvalue weighted by molar-refractivity contribution is 5.85. The molecule has 1 amide bonds. The first-order valence-corrected chi connectivity index (χ1v) is 7.85. The molecule has 1 aromatic heterocycles. The third-order valence-electron chi connectivity index (χ3n) is 4.28. The van der Waals surface area contributed by atoms with Gasteiger partial charge in [-0.3, -0.25) is 4.79 Å². The van der Waals surface area contributed by atoms with E-state index in [1.807, 2.05) is 13.8 Å². The molecule has 7 heteroatoms. The molecule has 1 saturated heterocycles. The molecule has 0 saturated carbocycles. The lowest BCUT2D eigenvalue weighted by Gasteiger charge is -2.11. The molecule has 0 bridgehead atoms. The Balaban J connectivity index is 0.00000208. The number of carbonyl (C=O) groups excluding carboxylic acids is 1. The Bertz CT molecular complexity index is 708. The Morgan fingerprint density at radius 2 is 2.08 bits per heavy atom. The fraction of sp³-hybridized carbons (Fsp3) is 0.412. The summed E-state index contributed by atoms with van der Waals surface area (Å²) < 4.78 is 14.8. The van der Waals surface area contributed by atoms with E-state index in [1.165, 1.54) is 12.1 Å². The van der Waals surface area contributed by atoms with Gasteiger partial charge in [-0.25, -0.2) is 9.07 Å². The third-order valence-corrected chi connectivity index (χ3v) is 4.28. The van der Waals surface area contributed by atoms with E-state index in [1.54, 1.807) is 16.8 Å². The van der Waals surface area contributed by atoms with Gasteiger partial charge in [0.1, 0.15) is 5.82 Å². The summed E-state index contributed by atoms with van der Waals surface area (Å²) in [4.78, 5) is 12.2. The third kappa shape index (κ3) is 3.94. The van der Waals surface area contributed by atoms with Crippen molar-refractivity contribution >= 4 is 18.3 Å². The van der Waals surface area contributed by atoms with Crippen LogP contribution in [0, 0.1) is 19.7 Å². The summed E-state index contributed by atoms with van der Waals surface area (Å²) >= 11 is 0. The summed E-state index contributed by atoms with van der Waals surface area (Å²) in [6.45, 7) is 5.61. The van der Waals surface area contributed by atoms with Crippen molar-refractivity contribution in [2.75, 3.05) is 13.1 Å². The minimum absolute atomic E-state index is 0. The Kier molecular flexibility index (Phi) is 5.96. The summed E-state index contributed by atoms with van der Waals surface area (Å²) in [5.41, 5.74) is 3.46. The smallest absolute Gasteiger partial charge is 0.224 e. The zero-order valence-corrected chi connectivity index (χ0v) is 14.6. The van der Waals surface area contributed by atoms with Gasteiger partial charge >= 0.3 is 0 Å². The highest BCUT2D eigenvalue weighted by atomic mass is 35.5. The molecule has 2 N–H and O–H groups in total. The van der Waals surface area contributed by atoms with E-state index in [0.29, 0.717) is 6.42 Å². The van der Waals surface area contributed by atoms with Gasteiger partial charge in [-0.1, -0.05) is 0 Å². The number of hydrogen-bond donors (Lipinski definition) is 2. The van der Waals surface area contributed by atoms with Gasteiger partial charge in [-0.15, -0.1) is 12.4 Å². The summed E-state index contributed by atoms with van der Waals surface area (Å²) in [6, 6.07) is 6.40. The maximum Gasteiger partial charge on any atom is 0.224 e. The van der Waals surface area contributed by atoms with Crippen molar-refractivity contribution in [3.63, 3.8) is 0 Å². The average Bonchev–Trinajstić information content (AvgIpc) is 3.12. The van der Waals surface area contributed by atoms with Crippen molar-refractivity contribution in [2.24, 2.45) is 0 Å². The van der Waals surface area contributed by atoms with Crippen LogP contribution in [0.1, 0.15) is 23.4 Å². The number of nitrogens with one attached hydrogen (secondary N) is 2. The van der Waals surface area contributed by atoms with Crippen LogP contribution < -0.4 is 10.6 Å². The highest BCUT2D eigenvalue weighted by Crippen LogP contribution is 2.19. The van der Waals surface area contributed by atoms with E-state index < -0.39 is 0 Å². The maximum atomic E-state index is 13.1. The van der Waals surface area contributed by atoms with Crippen LogP contribution in [0.4, 0.5) is 4.39 Å². The molecule has 1 aromatic carbocycles. The normalized spacial score (nSPS) is 16.7. The second kappa shape index (κ2) is 7.77. The Morgan fingerprint density at radius 1 is 1.38 bits per heavy atom. The van der Waals surface area contributed by atoms with Gasteiger partial charge in [0.15, 0.2) is 0 Å². The predicted molar refractivity (Wildman–Crippen MR) is 93.4 cm³/mol. The summed E-state index contributed by atoms with van der Waals surface area (Å²) in [7, 11) is 0. The molecule has 0 spiro atoms. The minimum atomic E-state index is -0.278. The van der Waals surface area contributed by atoms with E-state index in [0.717, 1.165) is 42.1 Å². The second-order valence-electron chi connectivity index (χ2n) is 5.97. The van der Waals surface area contributed by atoms with E-state index in [9.17, 15) is 9.18 Å². The first kappa shape index (κ1) is 18.4. The van der Waals surface area contributed by atoms with Gasteiger partial charge < -0.3 is 10.6 Å². The van der Waals surface area contributed by atoms with E-state index in [4.69, 9.17) is 0 Å². The molecule has 130 valence electrons. The zero-order valence-electron chi connectivity index (χ0n) is 13.8. The van der Waals surface area contributed by atoms with Crippen LogP contribution in [-0.2, 0) is 11.2 Å². The molecular formula is C17H22ClFN4O. The second-order valence-corrected chi connectivity index (χ2v) is 5.97. The lowest BCUT2D eigenvalue weighted by Crippen LogP contribution is -2.37. The van der Waals surface area contributed by atoms with Gasteiger partial charge in [0.25, 0.3) is 0 Å². The molecule has 3 rings (SSSR count). The molecule has 0 radical (unpaired) electrons. The first-order chi connectivity index (χ1) is 11.0. The number of nitrogens with zero attached hydrogens (tertiary/aromatic N) is 2. The summed E-state index contributed by atoms with van der Waals surface area (Å²) in [5.74, 6) is -0.261. The molecule has 5 nitrogen and oxygen atoms in total. The number of rotatable bonds is 4. The standard InChI is InChI=1S/C17H21FN4O.ClH/c1-11-16(9-17(23)20-14-7-8-19-10-14)12(2)22(21-11)15-5-3-13(18)4-6-15;/h3-6,14,19H,7-10H2,1-2H3,(H,20,23);1H. The highest BCUT2D eigenvalue weighted by Gasteiger charge is 2.20. The van der Waals surface area contributed by atoms with Crippen molar-refractivity contribution in [3.05, 3.63) is 47.0 Å². The molecule has 1 atom stereocenters. The van der Waals surface area contributed by atoms with Crippen LogP contribution in [-0.4, -0.2) is 34.8 Å². The molecular weight excluding hydrogens is 331 g/mol. The molecule has 0 aliphatic carbocycles. The van der Waals surface area contributed by atoms with Crippen molar-refractivity contribution < 1.29 is 9.18 Å². The average molecular weight is 353 g/mol. The fourth-order valence-corrected chi connectivity index (χ4v) is 2.98. The Hall–Kier alpha value is -1.92. The van der Waals surface area contributed by atoms with Crippen LogP contribution in [0.3, 0.4) is 0 Å². The molecule has 1 fully saturated rings. The molecule has 2 heterocycles. The van der Waals surface area contributed by atoms with E-state index in [-0.39, 0.29) is 30.2 Å². The minimum Gasteiger partial charge on any atom is -0.352 e.